The van der Waals surface area contributed by atoms with Gasteiger partial charge in [-0.25, -0.2) is 0 Å². The molecule has 0 amide bonds. The summed E-state index contributed by atoms with van der Waals surface area (Å²) in [5.41, 5.74) is 0.699. The first-order chi connectivity index (χ1) is 8.63. The third-order valence-corrected chi connectivity index (χ3v) is 3.09. The van der Waals surface area contributed by atoms with Crippen LogP contribution >= 0.6 is 11.6 Å². The molecule has 0 aliphatic heterocycles. The van der Waals surface area contributed by atoms with Gasteiger partial charge < -0.3 is 4.52 Å². The van der Waals surface area contributed by atoms with E-state index in [4.69, 9.17) is 16.1 Å². The highest BCUT2D eigenvalue weighted by Crippen LogP contribution is 2.26. The minimum absolute atomic E-state index is 0.0735. The monoisotopic (exact) mass is 264 g/mol. The van der Waals surface area contributed by atoms with Crippen molar-refractivity contribution in [1.82, 2.24) is 10.1 Å². The van der Waals surface area contributed by atoms with Crippen LogP contribution in [0.5, 0.6) is 0 Å². The van der Waals surface area contributed by atoms with Gasteiger partial charge in [-0.05, 0) is 19.1 Å². The SMILES string of the molecule is CCC(=O)C(C)c1nc(-c2ccccc2Cl)no1. The molecule has 0 fully saturated rings. The molecule has 5 heteroatoms. The zero-order valence-corrected chi connectivity index (χ0v) is 10.9. The van der Waals surface area contributed by atoms with Crippen molar-refractivity contribution in [2.24, 2.45) is 0 Å². The van der Waals surface area contributed by atoms with E-state index >= 15 is 0 Å². The first-order valence-corrected chi connectivity index (χ1v) is 6.12. The molecule has 0 spiro atoms. The average Bonchev–Trinajstić information content (AvgIpc) is 2.87. The minimum atomic E-state index is -0.376. The van der Waals surface area contributed by atoms with Gasteiger partial charge >= 0.3 is 0 Å². The predicted molar refractivity (Wildman–Crippen MR) is 68.5 cm³/mol. The van der Waals surface area contributed by atoms with Gasteiger partial charge in [0.15, 0.2) is 0 Å². The highest BCUT2D eigenvalue weighted by atomic mass is 35.5. The van der Waals surface area contributed by atoms with Gasteiger partial charge in [-0.2, -0.15) is 4.98 Å². The molecule has 1 aromatic heterocycles. The highest BCUT2D eigenvalue weighted by molar-refractivity contribution is 6.33. The Bertz CT molecular complexity index is 566. The summed E-state index contributed by atoms with van der Waals surface area (Å²) < 4.78 is 5.12. The maximum atomic E-state index is 11.6. The van der Waals surface area contributed by atoms with Crippen molar-refractivity contribution < 1.29 is 9.32 Å². The van der Waals surface area contributed by atoms with E-state index < -0.39 is 0 Å². The lowest BCUT2D eigenvalue weighted by atomic mass is 10.1. The van der Waals surface area contributed by atoms with E-state index in [1.54, 1.807) is 13.0 Å². The van der Waals surface area contributed by atoms with Gasteiger partial charge in [0.2, 0.25) is 11.7 Å². The molecule has 1 atom stereocenters. The number of hydrogen-bond donors (Lipinski definition) is 0. The van der Waals surface area contributed by atoms with Crippen molar-refractivity contribution >= 4 is 17.4 Å². The van der Waals surface area contributed by atoms with Gasteiger partial charge in [0.1, 0.15) is 5.78 Å². The molecule has 18 heavy (non-hydrogen) atoms. The fourth-order valence-corrected chi connectivity index (χ4v) is 1.83. The molecule has 2 aromatic rings. The van der Waals surface area contributed by atoms with Crippen molar-refractivity contribution in [1.29, 1.82) is 0 Å². The maximum Gasteiger partial charge on any atom is 0.237 e. The van der Waals surface area contributed by atoms with E-state index in [2.05, 4.69) is 10.1 Å². The van der Waals surface area contributed by atoms with E-state index in [0.717, 1.165) is 0 Å². The van der Waals surface area contributed by atoms with Crippen LogP contribution in [0, 0.1) is 0 Å². The number of halogens is 1. The largest absolute Gasteiger partial charge is 0.338 e. The minimum Gasteiger partial charge on any atom is -0.338 e. The third-order valence-electron chi connectivity index (χ3n) is 2.76. The summed E-state index contributed by atoms with van der Waals surface area (Å²) in [4.78, 5) is 15.8. The molecule has 2 rings (SSSR count). The molecule has 0 aliphatic rings. The number of carbonyl (C=O) groups is 1. The van der Waals surface area contributed by atoms with Crippen LogP contribution < -0.4 is 0 Å². The second kappa shape index (κ2) is 5.31. The Labute approximate surface area is 110 Å². The summed E-state index contributed by atoms with van der Waals surface area (Å²) in [7, 11) is 0. The Balaban J connectivity index is 2.31. The van der Waals surface area contributed by atoms with Gasteiger partial charge in [-0.15, -0.1) is 0 Å². The van der Waals surface area contributed by atoms with Crippen LogP contribution in [0.1, 0.15) is 32.1 Å². The third kappa shape index (κ3) is 2.43. The van der Waals surface area contributed by atoms with Crippen molar-refractivity contribution in [3.8, 4) is 11.4 Å². The predicted octanol–water partition coefficient (Wildman–Crippen LogP) is 3.47. The lowest BCUT2D eigenvalue weighted by Gasteiger charge is -2.01. The summed E-state index contributed by atoms with van der Waals surface area (Å²) >= 11 is 6.05. The van der Waals surface area contributed by atoms with Crippen LogP contribution in [0.4, 0.5) is 0 Å². The van der Waals surface area contributed by atoms with Crippen LogP contribution in [0.3, 0.4) is 0 Å². The zero-order chi connectivity index (χ0) is 13.1. The van der Waals surface area contributed by atoms with Gasteiger partial charge in [0.05, 0.1) is 10.9 Å². The zero-order valence-electron chi connectivity index (χ0n) is 10.2. The van der Waals surface area contributed by atoms with E-state index in [9.17, 15) is 4.79 Å². The fourth-order valence-electron chi connectivity index (χ4n) is 1.61. The van der Waals surface area contributed by atoms with E-state index in [1.807, 2.05) is 25.1 Å². The lowest BCUT2D eigenvalue weighted by Crippen LogP contribution is -2.07. The van der Waals surface area contributed by atoms with Crippen molar-refractivity contribution in [2.45, 2.75) is 26.2 Å². The van der Waals surface area contributed by atoms with Crippen LogP contribution in [0.15, 0.2) is 28.8 Å². The molecule has 0 N–H and O–H groups in total. The smallest absolute Gasteiger partial charge is 0.237 e. The van der Waals surface area contributed by atoms with Crippen LogP contribution in [0.2, 0.25) is 5.02 Å². The molecule has 0 radical (unpaired) electrons. The molecule has 0 aliphatic carbocycles. The number of Topliss-reactive ketones (excluding diaryl/α,β-unsaturated/α-hetero) is 1. The number of aromatic nitrogens is 2. The van der Waals surface area contributed by atoms with Gasteiger partial charge in [-0.1, -0.05) is 35.8 Å². The molecule has 1 aromatic carbocycles. The normalized spacial score (nSPS) is 12.4. The van der Waals surface area contributed by atoms with Gasteiger partial charge in [0, 0.05) is 12.0 Å². The van der Waals surface area contributed by atoms with Crippen molar-refractivity contribution in [2.75, 3.05) is 0 Å². The summed E-state index contributed by atoms with van der Waals surface area (Å²) in [6, 6.07) is 7.24. The molecule has 1 unspecified atom stereocenters. The molecule has 0 saturated carbocycles. The Morgan fingerprint density at radius 2 is 2.17 bits per heavy atom. The Kier molecular flexibility index (Phi) is 3.77. The fraction of sp³-hybridized carbons (Fsp3) is 0.308. The van der Waals surface area contributed by atoms with Crippen LogP contribution in [-0.4, -0.2) is 15.9 Å². The van der Waals surface area contributed by atoms with Crippen LogP contribution in [-0.2, 0) is 4.79 Å². The molecule has 1 heterocycles. The number of carbonyl (C=O) groups excluding carboxylic acids is 1. The molecule has 0 bridgehead atoms. The number of ketones is 1. The van der Waals surface area contributed by atoms with E-state index in [1.165, 1.54) is 0 Å². The summed E-state index contributed by atoms with van der Waals surface area (Å²) in [5.74, 6) is 0.436. The molecular formula is C13H13ClN2O2. The average molecular weight is 265 g/mol. The maximum absolute atomic E-state index is 11.6. The Morgan fingerprint density at radius 1 is 1.44 bits per heavy atom. The second-order valence-electron chi connectivity index (χ2n) is 3.98. The topological polar surface area (TPSA) is 56.0 Å². The Morgan fingerprint density at radius 3 is 2.83 bits per heavy atom. The summed E-state index contributed by atoms with van der Waals surface area (Å²) in [5, 5.41) is 4.42. The van der Waals surface area contributed by atoms with Crippen molar-refractivity contribution in [3.63, 3.8) is 0 Å². The molecule has 94 valence electrons. The van der Waals surface area contributed by atoms with Crippen molar-refractivity contribution in [3.05, 3.63) is 35.2 Å². The van der Waals surface area contributed by atoms with E-state index in [-0.39, 0.29) is 11.7 Å². The summed E-state index contributed by atoms with van der Waals surface area (Å²) in [6.45, 7) is 3.57. The summed E-state index contributed by atoms with van der Waals surface area (Å²) in [6.07, 6.45) is 0.449. The van der Waals surface area contributed by atoms with Gasteiger partial charge in [-0.3, -0.25) is 4.79 Å². The second-order valence-corrected chi connectivity index (χ2v) is 4.38. The highest BCUT2D eigenvalue weighted by Gasteiger charge is 2.21. The van der Waals surface area contributed by atoms with Crippen LogP contribution in [0.25, 0.3) is 11.4 Å². The first kappa shape index (κ1) is 12.8. The van der Waals surface area contributed by atoms with Gasteiger partial charge in [0.25, 0.3) is 0 Å². The number of rotatable bonds is 4. The standard InChI is InChI=1S/C13H13ClN2O2/c1-3-11(17)8(2)13-15-12(16-18-13)9-6-4-5-7-10(9)14/h4-8H,3H2,1-2H3. The number of nitrogens with zero attached hydrogens (tertiary/aromatic N) is 2. The molecular weight excluding hydrogens is 252 g/mol. The number of benzene rings is 1. The quantitative estimate of drug-likeness (QED) is 0.848. The first-order valence-electron chi connectivity index (χ1n) is 5.74. The molecule has 4 nitrogen and oxygen atoms in total. The van der Waals surface area contributed by atoms with E-state index in [0.29, 0.717) is 28.7 Å². The Hall–Kier alpha value is -1.68. The lowest BCUT2D eigenvalue weighted by molar-refractivity contribution is -0.120. The number of hydrogen-bond acceptors (Lipinski definition) is 4. The molecule has 0 saturated heterocycles.